The minimum Gasteiger partial charge on any atom is -0.494 e. The molecule has 3 rings (SSSR count). The van der Waals surface area contributed by atoms with Crippen LogP contribution in [0.15, 0.2) is 65.7 Å². The first-order valence-electron chi connectivity index (χ1n) is 9.28. The van der Waals surface area contributed by atoms with E-state index in [4.69, 9.17) is 4.74 Å². The highest BCUT2D eigenvalue weighted by atomic mass is 16.5. The molecule has 1 N–H and O–H groups in total. The van der Waals surface area contributed by atoms with E-state index in [1.165, 1.54) is 24.1 Å². The van der Waals surface area contributed by atoms with E-state index in [9.17, 15) is 14.4 Å². The molecular weight excluding hydrogens is 386 g/mol. The summed E-state index contributed by atoms with van der Waals surface area (Å²) in [6.07, 6.45) is 1.34. The van der Waals surface area contributed by atoms with E-state index < -0.39 is 11.9 Å². The molecule has 8 heteroatoms. The number of rotatable bonds is 7. The number of anilines is 1. The van der Waals surface area contributed by atoms with E-state index >= 15 is 0 Å². The largest absolute Gasteiger partial charge is 0.494 e. The molecule has 0 bridgehead atoms. The molecule has 0 unspecified atom stereocenters. The van der Waals surface area contributed by atoms with Gasteiger partial charge in [0.2, 0.25) is 5.91 Å². The van der Waals surface area contributed by atoms with Crippen molar-refractivity contribution in [3.8, 4) is 17.0 Å². The van der Waals surface area contributed by atoms with Gasteiger partial charge in [-0.15, -0.1) is 0 Å². The first kappa shape index (κ1) is 20.8. The zero-order chi connectivity index (χ0) is 21.5. The monoisotopic (exact) mass is 407 g/mol. The number of methoxy groups -OCH3 is 1. The van der Waals surface area contributed by atoms with Crippen molar-refractivity contribution in [1.82, 2.24) is 9.55 Å². The SMILES string of the molecule is CCOc1ccc(-c2cc(=O)n(CC(=O)Nc3ccc(C(=O)OC)cc3)cn2)cc1. The fraction of sp³-hybridized carbons (Fsp3) is 0.182. The number of hydrogen-bond acceptors (Lipinski definition) is 6. The molecule has 1 amide bonds. The number of carbonyl (C=O) groups is 2. The maximum absolute atomic E-state index is 12.4. The summed E-state index contributed by atoms with van der Waals surface area (Å²) in [6, 6.07) is 14.9. The Kier molecular flexibility index (Phi) is 6.59. The molecule has 0 aliphatic heterocycles. The van der Waals surface area contributed by atoms with Crippen molar-refractivity contribution in [3.05, 3.63) is 76.8 Å². The zero-order valence-corrected chi connectivity index (χ0v) is 16.6. The van der Waals surface area contributed by atoms with Crippen molar-refractivity contribution in [1.29, 1.82) is 0 Å². The molecule has 0 aliphatic carbocycles. The van der Waals surface area contributed by atoms with Crippen molar-refractivity contribution < 1.29 is 19.1 Å². The Hall–Kier alpha value is -3.94. The zero-order valence-electron chi connectivity index (χ0n) is 16.6. The van der Waals surface area contributed by atoms with E-state index in [2.05, 4.69) is 15.0 Å². The molecule has 1 aromatic heterocycles. The van der Waals surface area contributed by atoms with Gasteiger partial charge in [-0.05, 0) is 55.5 Å². The second kappa shape index (κ2) is 9.51. The summed E-state index contributed by atoms with van der Waals surface area (Å²) in [6.45, 7) is 2.29. The number of aromatic nitrogens is 2. The van der Waals surface area contributed by atoms with Gasteiger partial charge < -0.3 is 14.8 Å². The molecule has 0 saturated heterocycles. The van der Waals surface area contributed by atoms with Crippen molar-refractivity contribution in [2.45, 2.75) is 13.5 Å². The highest BCUT2D eigenvalue weighted by Gasteiger charge is 2.09. The number of esters is 1. The third-order valence-corrected chi connectivity index (χ3v) is 4.24. The fourth-order valence-corrected chi connectivity index (χ4v) is 2.75. The molecule has 0 aliphatic rings. The average molecular weight is 407 g/mol. The molecule has 3 aromatic rings. The molecule has 0 radical (unpaired) electrons. The summed E-state index contributed by atoms with van der Waals surface area (Å²) in [5, 5.41) is 2.67. The minimum absolute atomic E-state index is 0.186. The maximum atomic E-state index is 12.4. The Labute approximate surface area is 173 Å². The van der Waals surface area contributed by atoms with Gasteiger partial charge in [0, 0.05) is 17.3 Å². The van der Waals surface area contributed by atoms with Crippen LogP contribution in [-0.2, 0) is 16.1 Å². The van der Waals surface area contributed by atoms with Gasteiger partial charge in [-0.1, -0.05) is 0 Å². The summed E-state index contributed by atoms with van der Waals surface area (Å²) in [4.78, 5) is 40.4. The Morgan fingerprint density at radius 1 is 1.07 bits per heavy atom. The Bertz CT molecular complexity index is 1090. The number of hydrogen-bond donors (Lipinski definition) is 1. The van der Waals surface area contributed by atoms with Crippen molar-refractivity contribution in [2.75, 3.05) is 19.0 Å². The topological polar surface area (TPSA) is 99.5 Å². The van der Waals surface area contributed by atoms with Gasteiger partial charge in [0.25, 0.3) is 5.56 Å². The van der Waals surface area contributed by atoms with Crippen molar-refractivity contribution in [3.63, 3.8) is 0 Å². The molecule has 0 atom stereocenters. The van der Waals surface area contributed by atoms with E-state index in [1.54, 1.807) is 24.3 Å². The van der Waals surface area contributed by atoms with Gasteiger partial charge in [-0.25, -0.2) is 9.78 Å². The number of ether oxygens (including phenoxy) is 2. The fourth-order valence-electron chi connectivity index (χ4n) is 2.75. The van der Waals surface area contributed by atoms with Gasteiger partial charge >= 0.3 is 5.97 Å². The van der Waals surface area contributed by atoms with E-state index in [0.717, 1.165) is 11.3 Å². The predicted molar refractivity (Wildman–Crippen MR) is 112 cm³/mol. The van der Waals surface area contributed by atoms with Gasteiger partial charge in [-0.2, -0.15) is 0 Å². The second-order valence-electron chi connectivity index (χ2n) is 6.31. The standard InChI is InChI=1S/C22H21N3O5/c1-3-30-18-10-6-15(7-11-18)19-12-21(27)25(14-23-19)13-20(26)24-17-8-4-16(5-9-17)22(28)29-2/h4-12,14H,3,13H2,1-2H3,(H,24,26). The number of benzene rings is 2. The quantitative estimate of drug-likeness (QED) is 0.605. The third-order valence-electron chi connectivity index (χ3n) is 4.24. The van der Waals surface area contributed by atoms with Crippen molar-refractivity contribution in [2.24, 2.45) is 0 Å². The highest BCUT2D eigenvalue weighted by Crippen LogP contribution is 2.19. The van der Waals surface area contributed by atoms with E-state index in [0.29, 0.717) is 23.6 Å². The lowest BCUT2D eigenvalue weighted by atomic mass is 10.1. The average Bonchev–Trinajstić information content (AvgIpc) is 2.76. The first-order valence-corrected chi connectivity index (χ1v) is 9.28. The van der Waals surface area contributed by atoms with Crippen LogP contribution in [0.25, 0.3) is 11.3 Å². The van der Waals surface area contributed by atoms with Crippen molar-refractivity contribution >= 4 is 17.6 Å². The van der Waals surface area contributed by atoms with Gasteiger partial charge in [-0.3, -0.25) is 14.2 Å². The van der Waals surface area contributed by atoms with Gasteiger partial charge in [0.05, 0.1) is 31.3 Å². The summed E-state index contributed by atoms with van der Waals surface area (Å²) >= 11 is 0. The summed E-state index contributed by atoms with van der Waals surface area (Å²) < 4.78 is 11.3. The molecule has 0 saturated carbocycles. The van der Waals surface area contributed by atoms with Gasteiger partial charge in [0.15, 0.2) is 0 Å². The Morgan fingerprint density at radius 2 is 1.77 bits per heavy atom. The van der Waals surface area contributed by atoms with Crippen LogP contribution < -0.4 is 15.6 Å². The molecule has 0 fully saturated rings. The molecule has 30 heavy (non-hydrogen) atoms. The Balaban J connectivity index is 1.66. The minimum atomic E-state index is -0.460. The summed E-state index contributed by atoms with van der Waals surface area (Å²) in [5.41, 5.74) is 1.82. The van der Waals surface area contributed by atoms with Crippen LogP contribution in [-0.4, -0.2) is 35.1 Å². The Morgan fingerprint density at radius 3 is 2.37 bits per heavy atom. The molecule has 154 valence electrons. The van der Waals surface area contributed by atoms with Crippen LogP contribution in [0, 0.1) is 0 Å². The first-order chi connectivity index (χ1) is 14.5. The van der Waals surface area contributed by atoms with E-state index in [1.807, 2.05) is 31.2 Å². The van der Waals surface area contributed by atoms with Crippen LogP contribution in [0.2, 0.25) is 0 Å². The van der Waals surface area contributed by atoms with E-state index in [-0.39, 0.29) is 12.1 Å². The second-order valence-corrected chi connectivity index (χ2v) is 6.31. The third kappa shape index (κ3) is 5.11. The molecule has 2 aromatic carbocycles. The highest BCUT2D eigenvalue weighted by molar-refractivity contribution is 5.92. The number of carbonyl (C=O) groups excluding carboxylic acids is 2. The smallest absolute Gasteiger partial charge is 0.337 e. The van der Waals surface area contributed by atoms with Crippen LogP contribution >= 0.6 is 0 Å². The summed E-state index contributed by atoms with van der Waals surface area (Å²) in [7, 11) is 1.30. The molecule has 1 heterocycles. The van der Waals surface area contributed by atoms with Crippen LogP contribution in [0.3, 0.4) is 0 Å². The number of amides is 1. The lowest BCUT2D eigenvalue weighted by Crippen LogP contribution is -2.27. The lowest BCUT2D eigenvalue weighted by molar-refractivity contribution is -0.116. The molecule has 0 spiro atoms. The molecule has 8 nitrogen and oxygen atoms in total. The van der Waals surface area contributed by atoms with Gasteiger partial charge in [0.1, 0.15) is 12.3 Å². The van der Waals surface area contributed by atoms with Crippen LogP contribution in [0.4, 0.5) is 5.69 Å². The van der Waals surface area contributed by atoms with Crippen LogP contribution in [0.5, 0.6) is 5.75 Å². The predicted octanol–water partition coefficient (Wildman–Crippen LogP) is 2.73. The number of nitrogens with one attached hydrogen (secondary N) is 1. The lowest BCUT2D eigenvalue weighted by Gasteiger charge is -2.09. The number of nitrogens with zero attached hydrogens (tertiary/aromatic N) is 2. The van der Waals surface area contributed by atoms with Crippen LogP contribution in [0.1, 0.15) is 17.3 Å². The summed E-state index contributed by atoms with van der Waals surface area (Å²) in [5.74, 6) is -0.109. The molecular formula is C22H21N3O5. The normalized spacial score (nSPS) is 10.3. The maximum Gasteiger partial charge on any atom is 0.337 e.